The largest absolute Gasteiger partial charge is 0.493 e. The summed E-state index contributed by atoms with van der Waals surface area (Å²) in [5.41, 5.74) is 6.77. The molecule has 0 saturated heterocycles. The molecule has 0 radical (unpaired) electrons. The van der Waals surface area contributed by atoms with Gasteiger partial charge in [0.15, 0.2) is 0 Å². The van der Waals surface area contributed by atoms with Crippen LogP contribution < -0.4 is 15.8 Å². The van der Waals surface area contributed by atoms with E-state index in [0.29, 0.717) is 18.5 Å². The number of rotatable bonds is 3. The Hall–Kier alpha value is -1.06. The Morgan fingerprint density at radius 3 is 3.07 bits per heavy atom. The SMILES string of the molecule is CC1COc2ccccc2C1NCCN. The van der Waals surface area contributed by atoms with Crippen molar-refractivity contribution < 1.29 is 4.74 Å². The van der Waals surface area contributed by atoms with Crippen LogP contribution in [0.2, 0.25) is 0 Å². The van der Waals surface area contributed by atoms with Crippen molar-refractivity contribution in [3.8, 4) is 5.75 Å². The Morgan fingerprint density at radius 1 is 1.47 bits per heavy atom. The lowest BCUT2D eigenvalue weighted by atomic mass is 9.92. The number of para-hydroxylation sites is 1. The molecule has 1 aliphatic heterocycles. The zero-order valence-electron chi connectivity index (χ0n) is 9.07. The number of fused-ring (bicyclic) bond motifs is 1. The molecule has 3 nitrogen and oxygen atoms in total. The van der Waals surface area contributed by atoms with E-state index in [1.54, 1.807) is 0 Å². The lowest BCUT2D eigenvalue weighted by molar-refractivity contribution is 0.189. The summed E-state index contributed by atoms with van der Waals surface area (Å²) >= 11 is 0. The molecule has 1 aromatic rings. The smallest absolute Gasteiger partial charge is 0.124 e. The van der Waals surface area contributed by atoms with E-state index in [2.05, 4.69) is 24.4 Å². The third kappa shape index (κ3) is 2.13. The first-order valence-corrected chi connectivity index (χ1v) is 5.48. The second-order valence-corrected chi connectivity index (χ2v) is 4.05. The maximum absolute atomic E-state index is 5.67. The average Bonchev–Trinajstić information content (AvgIpc) is 2.28. The zero-order valence-corrected chi connectivity index (χ0v) is 9.07. The Labute approximate surface area is 90.6 Å². The maximum Gasteiger partial charge on any atom is 0.124 e. The summed E-state index contributed by atoms with van der Waals surface area (Å²) in [6.07, 6.45) is 0. The monoisotopic (exact) mass is 206 g/mol. The van der Waals surface area contributed by atoms with Crippen LogP contribution in [-0.4, -0.2) is 19.7 Å². The van der Waals surface area contributed by atoms with Crippen LogP contribution in [0.15, 0.2) is 24.3 Å². The van der Waals surface area contributed by atoms with E-state index in [4.69, 9.17) is 10.5 Å². The van der Waals surface area contributed by atoms with Gasteiger partial charge in [0.05, 0.1) is 6.61 Å². The van der Waals surface area contributed by atoms with Gasteiger partial charge in [0.2, 0.25) is 0 Å². The van der Waals surface area contributed by atoms with Crippen LogP contribution in [0.3, 0.4) is 0 Å². The zero-order chi connectivity index (χ0) is 10.7. The van der Waals surface area contributed by atoms with E-state index in [0.717, 1.165) is 18.9 Å². The van der Waals surface area contributed by atoms with Crippen molar-refractivity contribution >= 4 is 0 Å². The van der Waals surface area contributed by atoms with Gasteiger partial charge in [-0.1, -0.05) is 25.1 Å². The average molecular weight is 206 g/mol. The van der Waals surface area contributed by atoms with Gasteiger partial charge >= 0.3 is 0 Å². The van der Waals surface area contributed by atoms with E-state index in [1.807, 2.05) is 12.1 Å². The summed E-state index contributed by atoms with van der Waals surface area (Å²) in [6.45, 7) is 4.50. The molecule has 2 unspecified atom stereocenters. The van der Waals surface area contributed by atoms with Gasteiger partial charge < -0.3 is 15.8 Å². The molecule has 2 rings (SSSR count). The van der Waals surface area contributed by atoms with Gasteiger partial charge in [-0.25, -0.2) is 0 Å². The van der Waals surface area contributed by atoms with Crippen LogP contribution in [0.25, 0.3) is 0 Å². The van der Waals surface area contributed by atoms with E-state index < -0.39 is 0 Å². The van der Waals surface area contributed by atoms with E-state index >= 15 is 0 Å². The number of hydrogen-bond donors (Lipinski definition) is 2. The number of nitrogens with one attached hydrogen (secondary N) is 1. The highest BCUT2D eigenvalue weighted by molar-refractivity contribution is 5.37. The minimum absolute atomic E-state index is 0.374. The summed E-state index contributed by atoms with van der Waals surface area (Å²) in [5, 5.41) is 3.47. The van der Waals surface area contributed by atoms with Crippen LogP contribution in [0.1, 0.15) is 18.5 Å². The Morgan fingerprint density at radius 2 is 2.27 bits per heavy atom. The second kappa shape index (κ2) is 4.64. The van der Waals surface area contributed by atoms with Crippen molar-refractivity contribution in [3.63, 3.8) is 0 Å². The summed E-state index contributed by atoms with van der Waals surface area (Å²) < 4.78 is 5.67. The molecular formula is C12H18N2O. The summed E-state index contributed by atoms with van der Waals surface area (Å²) in [5.74, 6) is 1.50. The molecule has 0 aliphatic carbocycles. The highest BCUT2D eigenvalue weighted by Crippen LogP contribution is 2.34. The van der Waals surface area contributed by atoms with Gasteiger partial charge in [-0.05, 0) is 6.07 Å². The topological polar surface area (TPSA) is 47.3 Å². The molecule has 0 bridgehead atoms. The molecule has 0 spiro atoms. The van der Waals surface area contributed by atoms with Gasteiger partial charge in [0, 0.05) is 30.6 Å². The van der Waals surface area contributed by atoms with E-state index in [9.17, 15) is 0 Å². The molecule has 3 N–H and O–H groups in total. The predicted octanol–water partition coefficient (Wildman–Crippen LogP) is 1.30. The molecule has 0 amide bonds. The van der Waals surface area contributed by atoms with Crippen molar-refractivity contribution in [1.82, 2.24) is 5.32 Å². The fourth-order valence-corrected chi connectivity index (χ4v) is 2.04. The number of nitrogens with two attached hydrogens (primary N) is 1. The second-order valence-electron chi connectivity index (χ2n) is 4.05. The first kappa shape index (κ1) is 10.5. The van der Waals surface area contributed by atoms with Crippen LogP contribution in [-0.2, 0) is 0 Å². The fraction of sp³-hybridized carbons (Fsp3) is 0.500. The first-order valence-electron chi connectivity index (χ1n) is 5.48. The molecule has 82 valence electrons. The number of benzene rings is 1. The molecule has 0 saturated carbocycles. The summed E-state index contributed by atoms with van der Waals surface area (Å²) in [7, 11) is 0. The van der Waals surface area contributed by atoms with Gasteiger partial charge in [-0.15, -0.1) is 0 Å². The van der Waals surface area contributed by atoms with Crippen LogP contribution in [0.5, 0.6) is 5.75 Å². The van der Waals surface area contributed by atoms with Crippen molar-refractivity contribution in [2.24, 2.45) is 11.7 Å². The van der Waals surface area contributed by atoms with E-state index in [-0.39, 0.29) is 0 Å². The normalized spacial score (nSPS) is 24.4. The molecule has 0 aromatic heterocycles. The summed E-state index contributed by atoms with van der Waals surface area (Å²) in [6, 6.07) is 8.59. The quantitative estimate of drug-likeness (QED) is 0.783. The van der Waals surface area contributed by atoms with Crippen molar-refractivity contribution in [1.29, 1.82) is 0 Å². The van der Waals surface area contributed by atoms with Crippen molar-refractivity contribution in [3.05, 3.63) is 29.8 Å². The molecule has 3 heteroatoms. The molecule has 0 fully saturated rings. The van der Waals surface area contributed by atoms with Gasteiger partial charge in [-0.3, -0.25) is 0 Å². The predicted molar refractivity (Wildman–Crippen MR) is 60.9 cm³/mol. The number of ether oxygens (including phenoxy) is 1. The lowest BCUT2D eigenvalue weighted by Gasteiger charge is -2.32. The third-order valence-corrected chi connectivity index (χ3v) is 2.83. The van der Waals surface area contributed by atoms with Crippen molar-refractivity contribution in [2.45, 2.75) is 13.0 Å². The van der Waals surface area contributed by atoms with Crippen LogP contribution in [0, 0.1) is 5.92 Å². The Balaban J connectivity index is 2.21. The molecule has 2 atom stereocenters. The minimum atomic E-state index is 0.374. The molecular weight excluding hydrogens is 188 g/mol. The molecule has 1 aliphatic rings. The van der Waals surface area contributed by atoms with Gasteiger partial charge in [0.25, 0.3) is 0 Å². The summed E-state index contributed by atoms with van der Waals surface area (Å²) in [4.78, 5) is 0. The third-order valence-electron chi connectivity index (χ3n) is 2.83. The lowest BCUT2D eigenvalue weighted by Crippen LogP contribution is -2.36. The fourth-order valence-electron chi connectivity index (χ4n) is 2.04. The van der Waals surface area contributed by atoms with Gasteiger partial charge in [-0.2, -0.15) is 0 Å². The Bertz CT molecular complexity index is 327. The van der Waals surface area contributed by atoms with Gasteiger partial charge in [0.1, 0.15) is 5.75 Å². The highest BCUT2D eigenvalue weighted by atomic mass is 16.5. The van der Waals surface area contributed by atoms with Crippen LogP contribution in [0.4, 0.5) is 0 Å². The molecule has 15 heavy (non-hydrogen) atoms. The number of hydrogen-bond acceptors (Lipinski definition) is 3. The van der Waals surface area contributed by atoms with E-state index in [1.165, 1.54) is 5.56 Å². The maximum atomic E-state index is 5.67. The molecule has 1 aromatic carbocycles. The first-order chi connectivity index (χ1) is 7.33. The highest BCUT2D eigenvalue weighted by Gasteiger charge is 2.26. The Kier molecular flexibility index (Phi) is 3.23. The standard InChI is InChI=1S/C12H18N2O/c1-9-8-15-11-5-3-2-4-10(11)12(9)14-7-6-13/h2-5,9,12,14H,6-8,13H2,1H3. The van der Waals surface area contributed by atoms with Crippen LogP contribution >= 0.6 is 0 Å². The molecule has 1 heterocycles. The van der Waals surface area contributed by atoms with Crippen molar-refractivity contribution in [2.75, 3.05) is 19.7 Å². The minimum Gasteiger partial charge on any atom is -0.493 e.